The van der Waals surface area contributed by atoms with E-state index in [0.29, 0.717) is 36.7 Å². The van der Waals surface area contributed by atoms with E-state index < -0.39 is 24.0 Å². The van der Waals surface area contributed by atoms with E-state index in [-0.39, 0.29) is 24.1 Å². The van der Waals surface area contributed by atoms with Crippen LogP contribution < -0.4 is 5.73 Å². The Bertz CT molecular complexity index is 859. The number of ether oxygens (including phenoxy) is 6. The van der Waals surface area contributed by atoms with Crippen LogP contribution in [0.25, 0.3) is 0 Å². The van der Waals surface area contributed by atoms with Gasteiger partial charge in [0.05, 0.1) is 5.60 Å². The van der Waals surface area contributed by atoms with Crippen molar-refractivity contribution in [1.29, 1.82) is 0 Å². The summed E-state index contributed by atoms with van der Waals surface area (Å²) < 4.78 is 36.4. The van der Waals surface area contributed by atoms with Crippen molar-refractivity contribution < 1.29 is 33.5 Å². The van der Waals surface area contributed by atoms with Gasteiger partial charge < -0.3 is 39.3 Å². The van der Waals surface area contributed by atoms with Crippen molar-refractivity contribution in [2.24, 2.45) is 11.7 Å². The van der Waals surface area contributed by atoms with Gasteiger partial charge in [-0.2, -0.15) is 0 Å². The molecular formula is C26H42BNO7. The Kier molecular flexibility index (Phi) is 8.94. The molecule has 0 aromatic heterocycles. The summed E-state index contributed by atoms with van der Waals surface area (Å²) in [6.45, 7) is 13.0. The minimum absolute atomic E-state index is 0.117. The lowest BCUT2D eigenvalue weighted by molar-refractivity contribution is -0.189. The van der Waals surface area contributed by atoms with Gasteiger partial charge in [0.1, 0.15) is 26.3 Å². The summed E-state index contributed by atoms with van der Waals surface area (Å²) in [6.07, 6.45) is -0.506. The van der Waals surface area contributed by atoms with Crippen LogP contribution in [0.2, 0.25) is 0 Å². The SMILES string of the molecule is BC(C)(CCN)OCCC(C)(C)OC/C(OC(O)c1ccccc1)=C1/OC2OC(C)(C)OC2[C@@H]1C. The standard InChI is InChI=1S/C26H42BNO7/c1-17-20(33-23-21(17)34-25(4,5)35-23)19(32-22(29)18-10-8-7-9-11-18)16-31-24(2,3)13-15-30-26(6,27)12-14-28/h7-11,17,21-23,29H,12-16,27-28H2,1-6H3/b20-19-/t17-,21?,22?,23?,26?/m1/s1. The molecule has 2 aliphatic heterocycles. The van der Waals surface area contributed by atoms with E-state index in [1.807, 2.05) is 67.6 Å². The van der Waals surface area contributed by atoms with Gasteiger partial charge in [0.25, 0.3) is 0 Å². The highest BCUT2D eigenvalue weighted by Crippen LogP contribution is 2.44. The minimum Gasteiger partial charge on any atom is -0.462 e. The lowest BCUT2D eigenvalue weighted by Crippen LogP contribution is -2.35. The molecule has 35 heavy (non-hydrogen) atoms. The van der Waals surface area contributed by atoms with Crippen molar-refractivity contribution in [2.45, 2.75) is 90.0 Å². The van der Waals surface area contributed by atoms with Gasteiger partial charge in [0, 0.05) is 23.6 Å². The molecule has 0 bridgehead atoms. The average Bonchev–Trinajstić information content (AvgIpc) is 3.23. The highest BCUT2D eigenvalue weighted by atomic mass is 16.8. The maximum Gasteiger partial charge on any atom is 0.229 e. The maximum atomic E-state index is 10.8. The fourth-order valence-electron chi connectivity index (χ4n) is 4.20. The molecule has 0 saturated carbocycles. The zero-order valence-electron chi connectivity index (χ0n) is 22.2. The Labute approximate surface area is 210 Å². The number of fused-ring (bicyclic) bond motifs is 1. The van der Waals surface area contributed by atoms with Crippen LogP contribution in [0.4, 0.5) is 0 Å². The first-order valence-corrected chi connectivity index (χ1v) is 12.5. The second kappa shape index (κ2) is 11.2. The first kappa shape index (κ1) is 28.0. The van der Waals surface area contributed by atoms with E-state index in [1.54, 1.807) is 12.1 Å². The molecule has 0 radical (unpaired) electrons. The van der Waals surface area contributed by atoms with Gasteiger partial charge in [-0.15, -0.1) is 0 Å². The van der Waals surface area contributed by atoms with Crippen LogP contribution >= 0.6 is 0 Å². The topological polar surface area (TPSA) is 102 Å². The Morgan fingerprint density at radius 1 is 1.14 bits per heavy atom. The quantitative estimate of drug-likeness (QED) is 0.262. The van der Waals surface area contributed by atoms with Crippen LogP contribution in [-0.4, -0.2) is 62.0 Å². The molecule has 2 saturated heterocycles. The Balaban J connectivity index is 1.71. The molecule has 1 aromatic rings. The van der Waals surface area contributed by atoms with Crippen molar-refractivity contribution in [1.82, 2.24) is 0 Å². The zero-order chi connectivity index (χ0) is 25.9. The molecule has 3 N–H and O–H groups in total. The third kappa shape index (κ3) is 7.68. The third-order valence-corrected chi connectivity index (χ3v) is 6.39. The predicted octanol–water partition coefficient (Wildman–Crippen LogP) is 2.95. The third-order valence-electron chi connectivity index (χ3n) is 6.39. The molecule has 2 heterocycles. The summed E-state index contributed by atoms with van der Waals surface area (Å²) in [5.74, 6) is 0.148. The maximum absolute atomic E-state index is 10.8. The van der Waals surface area contributed by atoms with Gasteiger partial charge in [0.15, 0.2) is 11.5 Å². The monoisotopic (exact) mass is 491 g/mol. The lowest BCUT2D eigenvalue weighted by Gasteiger charge is -2.30. The van der Waals surface area contributed by atoms with E-state index in [0.717, 1.165) is 6.42 Å². The van der Waals surface area contributed by atoms with E-state index in [4.69, 9.17) is 34.2 Å². The number of hydrogen-bond acceptors (Lipinski definition) is 8. The van der Waals surface area contributed by atoms with Gasteiger partial charge in [0.2, 0.25) is 12.6 Å². The van der Waals surface area contributed by atoms with E-state index in [9.17, 15) is 5.11 Å². The summed E-state index contributed by atoms with van der Waals surface area (Å²) in [5, 5.41) is 10.8. The number of aliphatic hydroxyl groups excluding tert-OH is 1. The van der Waals surface area contributed by atoms with E-state index in [2.05, 4.69) is 0 Å². The van der Waals surface area contributed by atoms with Crippen molar-refractivity contribution >= 4 is 7.85 Å². The molecule has 0 spiro atoms. The fraction of sp³-hybridized carbons (Fsp3) is 0.692. The smallest absolute Gasteiger partial charge is 0.229 e. The van der Waals surface area contributed by atoms with Crippen LogP contribution in [-0.2, 0) is 28.4 Å². The van der Waals surface area contributed by atoms with Gasteiger partial charge in [-0.25, -0.2) is 0 Å². The van der Waals surface area contributed by atoms with Crippen LogP contribution in [0.1, 0.15) is 66.2 Å². The second-order valence-electron chi connectivity index (χ2n) is 11.0. The molecular weight excluding hydrogens is 449 g/mol. The molecule has 1 aromatic carbocycles. The number of aliphatic hydroxyl groups is 1. The highest BCUT2D eigenvalue weighted by Gasteiger charge is 2.53. The summed E-state index contributed by atoms with van der Waals surface area (Å²) in [6, 6.07) is 9.20. The zero-order valence-corrected chi connectivity index (χ0v) is 22.2. The molecule has 9 heteroatoms. The van der Waals surface area contributed by atoms with E-state index in [1.165, 1.54) is 0 Å². The van der Waals surface area contributed by atoms with Gasteiger partial charge in [-0.3, -0.25) is 0 Å². The number of rotatable bonds is 12. The molecule has 196 valence electrons. The Morgan fingerprint density at radius 3 is 2.46 bits per heavy atom. The molecule has 2 fully saturated rings. The molecule has 2 aliphatic rings. The second-order valence-corrected chi connectivity index (χ2v) is 11.0. The van der Waals surface area contributed by atoms with Crippen molar-refractivity contribution in [2.75, 3.05) is 19.8 Å². The average molecular weight is 491 g/mol. The van der Waals surface area contributed by atoms with Crippen LogP contribution in [0, 0.1) is 5.92 Å². The predicted molar refractivity (Wildman–Crippen MR) is 135 cm³/mol. The summed E-state index contributed by atoms with van der Waals surface area (Å²) >= 11 is 0. The molecule has 0 aliphatic carbocycles. The summed E-state index contributed by atoms with van der Waals surface area (Å²) in [7, 11) is 2.04. The van der Waals surface area contributed by atoms with Crippen molar-refractivity contribution in [3.05, 3.63) is 47.4 Å². The molecule has 4 unspecified atom stereocenters. The van der Waals surface area contributed by atoms with Crippen LogP contribution in [0.15, 0.2) is 41.9 Å². The van der Waals surface area contributed by atoms with Gasteiger partial charge in [-0.05, 0) is 54.0 Å². The largest absolute Gasteiger partial charge is 0.462 e. The van der Waals surface area contributed by atoms with Crippen molar-refractivity contribution in [3.8, 4) is 0 Å². The van der Waals surface area contributed by atoms with Crippen molar-refractivity contribution in [3.63, 3.8) is 0 Å². The Morgan fingerprint density at radius 2 is 1.83 bits per heavy atom. The first-order valence-electron chi connectivity index (χ1n) is 12.5. The fourth-order valence-corrected chi connectivity index (χ4v) is 4.20. The summed E-state index contributed by atoms with van der Waals surface area (Å²) in [5.41, 5.74) is 5.54. The normalized spacial score (nSPS) is 27.6. The van der Waals surface area contributed by atoms with Gasteiger partial charge in [-0.1, -0.05) is 37.3 Å². The van der Waals surface area contributed by atoms with Gasteiger partial charge >= 0.3 is 0 Å². The molecule has 8 nitrogen and oxygen atoms in total. The summed E-state index contributed by atoms with van der Waals surface area (Å²) in [4.78, 5) is 0. The number of hydrogen-bond donors (Lipinski definition) is 2. The molecule has 5 atom stereocenters. The number of benzene rings is 1. The molecule has 0 amide bonds. The first-order chi connectivity index (χ1) is 16.3. The van der Waals surface area contributed by atoms with E-state index >= 15 is 0 Å². The van der Waals surface area contributed by atoms with Crippen LogP contribution in [0.5, 0.6) is 0 Å². The Hall–Kier alpha value is -1.62. The van der Waals surface area contributed by atoms with Crippen LogP contribution in [0.3, 0.4) is 0 Å². The molecule has 3 rings (SSSR count). The lowest BCUT2D eigenvalue weighted by atomic mass is 9.80. The number of nitrogens with two attached hydrogens (primary N) is 1. The minimum atomic E-state index is -1.17. The highest BCUT2D eigenvalue weighted by molar-refractivity contribution is 6.14.